The van der Waals surface area contributed by atoms with Crippen molar-refractivity contribution in [3.63, 3.8) is 0 Å². The van der Waals surface area contributed by atoms with Crippen LogP contribution in [0.2, 0.25) is 0 Å². The fourth-order valence-corrected chi connectivity index (χ4v) is 4.40. The molecule has 2 N–H and O–H groups in total. The van der Waals surface area contributed by atoms with E-state index in [-0.39, 0.29) is 11.5 Å². The molecule has 1 atom stereocenters. The lowest BCUT2D eigenvalue weighted by molar-refractivity contribution is -0.192. The molecule has 2 fully saturated rings. The van der Waals surface area contributed by atoms with Crippen LogP contribution in [-0.4, -0.2) is 69.9 Å². The molecule has 2 aliphatic rings. The van der Waals surface area contributed by atoms with Crippen molar-refractivity contribution >= 4 is 22.8 Å². The highest BCUT2D eigenvalue weighted by atomic mass is 19.4. The Bertz CT molecular complexity index is 1140. The highest BCUT2D eigenvalue weighted by Crippen LogP contribution is 2.42. The Labute approximate surface area is 198 Å². The molecule has 8 nitrogen and oxygen atoms in total. The molecule has 2 aromatic heterocycles. The predicted octanol–water partition coefficient (Wildman–Crippen LogP) is 3.90. The number of carboxylic acid groups (broad SMARTS) is 1. The zero-order valence-corrected chi connectivity index (χ0v) is 18.6. The number of para-hydroxylation sites is 1. The van der Waals surface area contributed by atoms with E-state index < -0.39 is 12.1 Å². The van der Waals surface area contributed by atoms with E-state index in [0.29, 0.717) is 31.3 Å². The number of alkyl halides is 3. The summed E-state index contributed by atoms with van der Waals surface area (Å²) in [6, 6.07) is 13.7. The average Bonchev–Trinajstić information content (AvgIpc) is 3.43. The lowest BCUT2D eigenvalue weighted by Crippen LogP contribution is -2.66. The number of aliphatic carboxylic acids is 1. The third-order valence-corrected chi connectivity index (χ3v) is 6.18. The van der Waals surface area contributed by atoms with Crippen LogP contribution in [-0.2, 0) is 9.53 Å². The van der Waals surface area contributed by atoms with Gasteiger partial charge in [0.1, 0.15) is 17.0 Å². The van der Waals surface area contributed by atoms with E-state index in [4.69, 9.17) is 19.4 Å². The van der Waals surface area contributed by atoms with Crippen LogP contribution >= 0.6 is 0 Å². The van der Waals surface area contributed by atoms with Gasteiger partial charge in [-0.05, 0) is 43.0 Å². The van der Waals surface area contributed by atoms with E-state index in [1.165, 1.54) is 0 Å². The number of amides is 1. The number of nitrogens with one attached hydrogen (secondary N) is 1. The number of halogens is 3. The molecule has 0 saturated carbocycles. The first-order valence-corrected chi connectivity index (χ1v) is 11.0. The Morgan fingerprint density at radius 3 is 2.63 bits per heavy atom. The molecule has 3 aromatic rings. The molecule has 1 aromatic carbocycles. The van der Waals surface area contributed by atoms with Crippen LogP contribution < -0.4 is 4.74 Å². The molecule has 5 rings (SSSR count). The summed E-state index contributed by atoms with van der Waals surface area (Å²) in [6.07, 6.45) is 0.318. The molecular weight excluding hydrogens is 467 g/mol. The SMILES string of the molecule is O=C(O)C(F)(F)F.O=C(c1cc2ccccc2[nH]1)N1CC2(C1)OCCC2CCOc1cccnc1. The maximum atomic E-state index is 12.8. The summed E-state index contributed by atoms with van der Waals surface area (Å²) >= 11 is 0. The first-order valence-electron chi connectivity index (χ1n) is 11.0. The van der Waals surface area contributed by atoms with Crippen LogP contribution in [0.5, 0.6) is 5.75 Å². The Morgan fingerprint density at radius 2 is 1.97 bits per heavy atom. The summed E-state index contributed by atoms with van der Waals surface area (Å²) < 4.78 is 43.6. The lowest BCUT2D eigenvalue weighted by Gasteiger charge is -2.50. The number of nitrogens with zero attached hydrogens (tertiary/aromatic N) is 2. The zero-order chi connectivity index (χ0) is 25.1. The van der Waals surface area contributed by atoms with E-state index in [9.17, 15) is 18.0 Å². The normalized spacial score (nSPS) is 18.6. The van der Waals surface area contributed by atoms with Gasteiger partial charge in [0.05, 0.1) is 25.9 Å². The molecule has 0 bridgehead atoms. The van der Waals surface area contributed by atoms with Crippen molar-refractivity contribution in [3.05, 3.63) is 60.6 Å². The van der Waals surface area contributed by atoms with Crippen LogP contribution in [0.15, 0.2) is 54.9 Å². The van der Waals surface area contributed by atoms with Gasteiger partial charge in [-0.3, -0.25) is 9.78 Å². The quantitative estimate of drug-likeness (QED) is 0.561. The van der Waals surface area contributed by atoms with Crippen molar-refractivity contribution in [3.8, 4) is 5.75 Å². The van der Waals surface area contributed by atoms with E-state index >= 15 is 0 Å². The topological polar surface area (TPSA) is 105 Å². The fourth-order valence-electron chi connectivity index (χ4n) is 4.40. The van der Waals surface area contributed by atoms with Gasteiger partial charge in [-0.25, -0.2) is 4.79 Å². The Kier molecular flexibility index (Phi) is 6.97. The minimum Gasteiger partial charge on any atom is -0.492 e. The molecule has 2 aliphatic heterocycles. The monoisotopic (exact) mass is 491 g/mol. The molecular formula is C24H24F3N3O5. The van der Waals surface area contributed by atoms with Crippen molar-refractivity contribution in [2.45, 2.75) is 24.6 Å². The van der Waals surface area contributed by atoms with Crippen LogP contribution in [0.1, 0.15) is 23.3 Å². The first kappa shape index (κ1) is 24.5. The van der Waals surface area contributed by atoms with Gasteiger partial charge in [-0.2, -0.15) is 13.2 Å². The largest absolute Gasteiger partial charge is 0.492 e. The highest BCUT2D eigenvalue weighted by Gasteiger charge is 2.54. The van der Waals surface area contributed by atoms with Crippen molar-refractivity contribution < 1.29 is 37.3 Å². The van der Waals surface area contributed by atoms with E-state index in [0.717, 1.165) is 36.1 Å². The second kappa shape index (κ2) is 9.95. The number of aromatic nitrogens is 2. The van der Waals surface area contributed by atoms with Gasteiger partial charge in [0, 0.05) is 23.7 Å². The number of benzene rings is 1. The third-order valence-electron chi connectivity index (χ3n) is 6.18. The highest BCUT2D eigenvalue weighted by molar-refractivity contribution is 5.98. The van der Waals surface area contributed by atoms with Gasteiger partial charge in [-0.1, -0.05) is 18.2 Å². The number of pyridine rings is 1. The molecule has 1 spiro atoms. The number of rotatable bonds is 5. The second-order valence-corrected chi connectivity index (χ2v) is 8.46. The number of hydrogen-bond acceptors (Lipinski definition) is 5. The molecule has 0 radical (unpaired) electrons. The van der Waals surface area contributed by atoms with Crippen LogP contribution in [0.3, 0.4) is 0 Å². The van der Waals surface area contributed by atoms with Gasteiger partial charge in [0.15, 0.2) is 0 Å². The number of hydrogen-bond donors (Lipinski definition) is 2. The fraction of sp³-hybridized carbons (Fsp3) is 0.375. The number of carbonyl (C=O) groups excluding carboxylic acids is 1. The van der Waals surface area contributed by atoms with Crippen LogP contribution in [0.25, 0.3) is 10.9 Å². The minimum absolute atomic E-state index is 0.0442. The summed E-state index contributed by atoms with van der Waals surface area (Å²) in [5, 5.41) is 8.18. The summed E-state index contributed by atoms with van der Waals surface area (Å²) in [5.41, 5.74) is 1.43. The van der Waals surface area contributed by atoms with Crippen molar-refractivity contribution in [2.24, 2.45) is 5.92 Å². The molecule has 1 unspecified atom stereocenters. The lowest BCUT2D eigenvalue weighted by atomic mass is 9.79. The molecule has 4 heterocycles. The predicted molar refractivity (Wildman–Crippen MR) is 119 cm³/mol. The third kappa shape index (κ3) is 5.56. The number of carboxylic acids is 1. The van der Waals surface area contributed by atoms with Crippen LogP contribution in [0.4, 0.5) is 13.2 Å². The Morgan fingerprint density at radius 1 is 1.23 bits per heavy atom. The molecule has 1 amide bonds. The number of carbonyl (C=O) groups is 2. The molecule has 35 heavy (non-hydrogen) atoms. The van der Waals surface area contributed by atoms with E-state index in [1.54, 1.807) is 12.4 Å². The van der Waals surface area contributed by atoms with Gasteiger partial charge < -0.3 is 24.5 Å². The van der Waals surface area contributed by atoms with Gasteiger partial charge in [0.25, 0.3) is 5.91 Å². The maximum absolute atomic E-state index is 12.8. The molecule has 2 saturated heterocycles. The Hall–Kier alpha value is -3.60. The van der Waals surface area contributed by atoms with Crippen molar-refractivity contribution in [1.82, 2.24) is 14.9 Å². The standard InChI is InChI=1S/C22H23N3O3.C2HF3O2/c26-21(20-12-16-4-1-2-6-19(16)24-20)25-14-22(15-25)17(8-11-28-22)7-10-27-18-5-3-9-23-13-18;3-2(4,5)1(6)7/h1-6,9,12-13,17,24H,7-8,10-11,14-15H2;(H,6,7). The van der Waals surface area contributed by atoms with Gasteiger partial charge >= 0.3 is 12.1 Å². The number of likely N-dealkylation sites (tertiary alicyclic amines) is 1. The molecule has 11 heteroatoms. The minimum atomic E-state index is -5.08. The average molecular weight is 491 g/mol. The van der Waals surface area contributed by atoms with Crippen molar-refractivity contribution in [1.29, 1.82) is 0 Å². The summed E-state index contributed by atoms with van der Waals surface area (Å²) in [5.74, 6) is -1.51. The number of fused-ring (bicyclic) bond motifs is 1. The van der Waals surface area contributed by atoms with Gasteiger partial charge in [0.2, 0.25) is 0 Å². The summed E-state index contributed by atoms with van der Waals surface area (Å²) in [7, 11) is 0. The summed E-state index contributed by atoms with van der Waals surface area (Å²) in [4.78, 5) is 30.9. The smallest absolute Gasteiger partial charge is 0.490 e. The number of H-pyrrole nitrogens is 1. The summed E-state index contributed by atoms with van der Waals surface area (Å²) in [6.45, 7) is 2.70. The Balaban J connectivity index is 0.000000364. The second-order valence-electron chi connectivity index (χ2n) is 8.46. The number of ether oxygens (including phenoxy) is 2. The van der Waals surface area contributed by atoms with Crippen molar-refractivity contribution in [2.75, 3.05) is 26.3 Å². The zero-order valence-electron chi connectivity index (χ0n) is 18.6. The van der Waals surface area contributed by atoms with E-state index in [2.05, 4.69) is 9.97 Å². The molecule has 0 aliphatic carbocycles. The first-order chi connectivity index (χ1) is 16.7. The maximum Gasteiger partial charge on any atom is 0.490 e. The van der Waals surface area contributed by atoms with E-state index in [1.807, 2.05) is 47.4 Å². The molecule has 186 valence electrons. The number of aromatic amines is 1. The van der Waals surface area contributed by atoms with Crippen LogP contribution in [0, 0.1) is 5.92 Å². The van der Waals surface area contributed by atoms with Gasteiger partial charge in [-0.15, -0.1) is 0 Å².